The minimum absolute atomic E-state index is 0.187. The fourth-order valence-electron chi connectivity index (χ4n) is 1.95. The number of oxazole rings is 1. The Morgan fingerprint density at radius 1 is 1.33 bits per heavy atom. The molecule has 2 amide bonds. The van der Waals surface area contributed by atoms with Gasteiger partial charge < -0.3 is 15.1 Å². The molecule has 6 nitrogen and oxygen atoms in total. The number of nitrogens with zero attached hydrogens (tertiary/aromatic N) is 1. The van der Waals surface area contributed by atoms with E-state index in [1.807, 2.05) is 31.2 Å². The van der Waals surface area contributed by atoms with E-state index in [0.29, 0.717) is 24.4 Å². The number of fused-ring (bicyclic) bond motifs is 1. The molecule has 1 aromatic heterocycles. The van der Waals surface area contributed by atoms with E-state index in [9.17, 15) is 9.59 Å². The summed E-state index contributed by atoms with van der Waals surface area (Å²) >= 11 is 0. The fourth-order valence-corrected chi connectivity index (χ4v) is 1.95. The van der Waals surface area contributed by atoms with Crippen molar-refractivity contribution in [2.24, 2.45) is 0 Å². The number of hydrogen-bond acceptors (Lipinski definition) is 4. The average molecular weight is 289 g/mol. The van der Waals surface area contributed by atoms with Gasteiger partial charge in [0.05, 0.1) is 0 Å². The topological polar surface area (TPSA) is 84.2 Å². The van der Waals surface area contributed by atoms with Gasteiger partial charge in [-0.05, 0) is 26.0 Å². The van der Waals surface area contributed by atoms with E-state index in [0.717, 1.165) is 5.52 Å². The van der Waals surface area contributed by atoms with Crippen LogP contribution in [0.3, 0.4) is 0 Å². The van der Waals surface area contributed by atoms with Crippen LogP contribution in [0.25, 0.3) is 11.1 Å². The van der Waals surface area contributed by atoms with Gasteiger partial charge in [0.25, 0.3) is 0 Å². The molecule has 0 spiro atoms. The van der Waals surface area contributed by atoms with Crippen molar-refractivity contribution in [2.75, 3.05) is 6.54 Å². The number of likely N-dealkylation sites (N-methyl/N-ethyl adjacent to an activating group) is 1. The Kier molecular flexibility index (Phi) is 4.92. The summed E-state index contributed by atoms with van der Waals surface area (Å²) in [6, 6.07) is 6.91. The van der Waals surface area contributed by atoms with E-state index in [4.69, 9.17) is 4.42 Å². The van der Waals surface area contributed by atoms with Crippen LogP contribution >= 0.6 is 0 Å². The van der Waals surface area contributed by atoms with Crippen molar-refractivity contribution in [3.63, 3.8) is 0 Å². The standard InChI is InChI=1S/C15H19N3O3/c1-3-16-15(20)10(2)17-13(19)8-9-14-18-11-6-4-5-7-12(11)21-14/h4-7,10H,3,8-9H2,1-2H3,(H,16,20)(H,17,19)/t10-/m0/s1. The molecule has 0 radical (unpaired) electrons. The summed E-state index contributed by atoms with van der Waals surface area (Å²) in [5, 5.41) is 5.31. The minimum atomic E-state index is -0.541. The highest BCUT2D eigenvalue weighted by Gasteiger charge is 2.15. The number of aryl methyl sites for hydroxylation is 1. The molecule has 0 aliphatic carbocycles. The minimum Gasteiger partial charge on any atom is -0.441 e. The van der Waals surface area contributed by atoms with Crippen LogP contribution in [0.4, 0.5) is 0 Å². The van der Waals surface area contributed by atoms with Gasteiger partial charge in [0.1, 0.15) is 11.6 Å². The number of hydrogen-bond donors (Lipinski definition) is 2. The first-order valence-electron chi connectivity index (χ1n) is 7.01. The molecule has 21 heavy (non-hydrogen) atoms. The SMILES string of the molecule is CCNC(=O)[C@H](C)NC(=O)CCc1nc2ccccc2o1. The van der Waals surface area contributed by atoms with Crippen molar-refractivity contribution in [3.8, 4) is 0 Å². The Morgan fingerprint density at radius 3 is 2.81 bits per heavy atom. The number of amides is 2. The first-order chi connectivity index (χ1) is 10.1. The zero-order valence-electron chi connectivity index (χ0n) is 12.2. The number of benzene rings is 1. The first-order valence-corrected chi connectivity index (χ1v) is 7.01. The maximum atomic E-state index is 11.8. The lowest BCUT2D eigenvalue weighted by atomic mass is 10.2. The van der Waals surface area contributed by atoms with Crippen LogP contribution in [0.2, 0.25) is 0 Å². The highest BCUT2D eigenvalue weighted by Crippen LogP contribution is 2.15. The van der Waals surface area contributed by atoms with E-state index in [1.54, 1.807) is 6.92 Å². The van der Waals surface area contributed by atoms with Crippen molar-refractivity contribution in [3.05, 3.63) is 30.2 Å². The van der Waals surface area contributed by atoms with Gasteiger partial charge in [-0.2, -0.15) is 0 Å². The summed E-state index contributed by atoms with van der Waals surface area (Å²) in [6.07, 6.45) is 0.638. The second kappa shape index (κ2) is 6.88. The van der Waals surface area contributed by atoms with E-state index in [2.05, 4.69) is 15.6 Å². The molecule has 0 fully saturated rings. The van der Waals surface area contributed by atoms with Gasteiger partial charge in [0, 0.05) is 19.4 Å². The largest absolute Gasteiger partial charge is 0.441 e. The van der Waals surface area contributed by atoms with E-state index >= 15 is 0 Å². The highest BCUT2D eigenvalue weighted by atomic mass is 16.3. The molecule has 112 valence electrons. The summed E-state index contributed by atoms with van der Waals surface area (Å²) < 4.78 is 5.54. The molecule has 0 saturated carbocycles. The molecule has 6 heteroatoms. The molecular formula is C15H19N3O3. The third kappa shape index (κ3) is 4.05. The van der Waals surface area contributed by atoms with E-state index in [1.165, 1.54) is 0 Å². The Labute approximate surface area is 122 Å². The molecule has 1 aromatic carbocycles. The predicted octanol–water partition coefficient (Wildman–Crippen LogP) is 1.40. The Morgan fingerprint density at radius 2 is 2.10 bits per heavy atom. The Hall–Kier alpha value is -2.37. The van der Waals surface area contributed by atoms with Crippen molar-refractivity contribution in [1.82, 2.24) is 15.6 Å². The maximum absolute atomic E-state index is 11.8. The van der Waals surface area contributed by atoms with Gasteiger partial charge >= 0.3 is 0 Å². The Bertz CT molecular complexity index is 603. The second-order valence-corrected chi connectivity index (χ2v) is 4.76. The third-order valence-corrected chi connectivity index (χ3v) is 3.03. The lowest BCUT2D eigenvalue weighted by Gasteiger charge is -2.12. The quantitative estimate of drug-likeness (QED) is 0.842. The lowest BCUT2D eigenvalue weighted by molar-refractivity contribution is -0.128. The zero-order valence-corrected chi connectivity index (χ0v) is 12.2. The van der Waals surface area contributed by atoms with Crippen LogP contribution < -0.4 is 10.6 Å². The third-order valence-electron chi connectivity index (χ3n) is 3.03. The summed E-state index contributed by atoms with van der Waals surface area (Å²) in [5.41, 5.74) is 1.49. The molecule has 0 aliphatic heterocycles. The fraction of sp³-hybridized carbons (Fsp3) is 0.400. The van der Waals surface area contributed by atoms with Gasteiger partial charge in [-0.3, -0.25) is 9.59 Å². The van der Waals surface area contributed by atoms with Crippen LogP contribution in [0, 0.1) is 0 Å². The number of carbonyl (C=O) groups is 2. The molecule has 0 bridgehead atoms. The van der Waals surface area contributed by atoms with Gasteiger partial charge in [0.15, 0.2) is 11.5 Å². The number of aromatic nitrogens is 1. The van der Waals surface area contributed by atoms with Crippen LogP contribution in [-0.4, -0.2) is 29.4 Å². The summed E-state index contributed by atoms with van der Waals surface area (Å²) in [5.74, 6) is 0.140. The van der Waals surface area contributed by atoms with Crippen molar-refractivity contribution < 1.29 is 14.0 Å². The second-order valence-electron chi connectivity index (χ2n) is 4.76. The van der Waals surface area contributed by atoms with Crippen LogP contribution in [0.5, 0.6) is 0 Å². The Balaban J connectivity index is 1.84. The molecule has 2 aromatic rings. The van der Waals surface area contributed by atoms with Crippen LogP contribution in [0.15, 0.2) is 28.7 Å². The number of carbonyl (C=O) groups excluding carboxylic acids is 2. The molecule has 2 rings (SSSR count). The van der Waals surface area contributed by atoms with Gasteiger partial charge in [-0.15, -0.1) is 0 Å². The van der Waals surface area contributed by atoms with Crippen LogP contribution in [0.1, 0.15) is 26.2 Å². The predicted molar refractivity (Wildman–Crippen MR) is 78.6 cm³/mol. The summed E-state index contributed by atoms with van der Waals surface area (Å²) in [4.78, 5) is 27.6. The van der Waals surface area contributed by atoms with Gasteiger partial charge in [-0.25, -0.2) is 4.98 Å². The number of nitrogens with one attached hydrogen (secondary N) is 2. The molecule has 0 saturated heterocycles. The molecule has 1 atom stereocenters. The lowest BCUT2D eigenvalue weighted by Crippen LogP contribution is -2.44. The van der Waals surface area contributed by atoms with Gasteiger partial charge in [0.2, 0.25) is 11.8 Å². The zero-order chi connectivity index (χ0) is 15.2. The van der Waals surface area contributed by atoms with E-state index in [-0.39, 0.29) is 18.2 Å². The molecule has 0 unspecified atom stereocenters. The molecule has 0 aliphatic rings. The molecular weight excluding hydrogens is 270 g/mol. The number of rotatable bonds is 6. The smallest absolute Gasteiger partial charge is 0.242 e. The maximum Gasteiger partial charge on any atom is 0.242 e. The van der Waals surface area contributed by atoms with Crippen molar-refractivity contribution >= 4 is 22.9 Å². The molecule has 1 heterocycles. The number of para-hydroxylation sites is 2. The van der Waals surface area contributed by atoms with Crippen molar-refractivity contribution in [2.45, 2.75) is 32.7 Å². The first kappa shape index (κ1) is 15.0. The summed E-state index contributed by atoms with van der Waals surface area (Å²) in [7, 11) is 0. The highest BCUT2D eigenvalue weighted by molar-refractivity contribution is 5.87. The monoisotopic (exact) mass is 289 g/mol. The molecule has 2 N–H and O–H groups in total. The average Bonchev–Trinajstić information content (AvgIpc) is 2.88. The van der Waals surface area contributed by atoms with Crippen LogP contribution in [-0.2, 0) is 16.0 Å². The normalized spacial score (nSPS) is 12.1. The van der Waals surface area contributed by atoms with E-state index < -0.39 is 6.04 Å². The summed E-state index contributed by atoms with van der Waals surface area (Å²) in [6.45, 7) is 4.03. The van der Waals surface area contributed by atoms with Gasteiger partial charge in [-0.1, -0.05) is 12.1 Å². The van der Waals surface area contributed by atoms with Crippen molar-refractivity contribution in [1.29, 1.82) is 0 Å².